The van der Waals surface area contributed by atoms with Crippen LogP contribution in [0.25, 0.3) is 11.0 Å². The number of rotatable bonds is 4. The average molecular weight is 243 g/mol. The molecule has 0 saturated heterocycles. The number of anilines is 2. The van der Waals surface area contributed by atoms with Crippen molar-refractivity contribution in [2.45, 2.75) is 6.42 Å². The summed E-state index contributed by atoms with van der Waals surface area (Å²) in [5.74, 6) is 1.58. The van der Waals surface area contributed by atoms with Crippen molar-refractivity contribution in [2.24, 2.45) is 0 Å². The number of hydrogen-bond donors (Lipinski definition) is 4. The highest BCUT2D eigenvalue weighted by atomic mass is 15.2. The van der Waals surface area contributed by atoms with Gasteiger partial charge in [-0.25, -0.2) is 9.97 Å². The van der Waals surface area contributed by atoms with Crippen LogP contribution in [0.5, 0.6) is 0 Å². The van der Waals surface area contributed by atoms with Gasteiger partial charge in [-0.3, -0.25) is 5.10 Å². The van der Waals surface area contributed by atoms with Gasteiger partial charge in [-0.1, -0.05) is 0 Å². The number of aromatic amines is 2. The molecule has 0 spiro atoms. The first-order chi connectivity index (χ1) is 8.81. The van der Waals surface area contributed by atoms with E-state index in [1.807, 2.05) is 18.2 Å². The molecule has 2 aromatic heterocycles. The fourth-order valence-electron chi connectivity index (χ4n) is 1.76. The highest BCUT2D eigenvalue weighted by molar-refractivity contribution is 5.80. The summed E-state index contributed by atoms with van der Waals surface area (Å²) >= 11 is 0. The van der Waals surface area contributed by atoms with Crippen LogP contribution in [-0.2, 0) is 6.42 Å². The molecule has 0 aliphatic heterocycles. The van der Waals surface area contributed by atoms with E-state index in [0.717, 1.165) is 41.5 Å². The number of hydrogen-bond acceptors (Lipinski definition) is 5. The first kappa shape index (κ1) is 10.6. The SMILES string of the molecule is Nc1ccc2nc(NCCc3ncn[nH]3)[nH]c2c1. The molecular formula is C11H13N7. The fraction of sp³-hybridized carbons (Fsp3) is 0.182. The van der Waals surface area contributed by atoms with Crippen molar-refractivity contribution in [1.29, 1.82) is 0 Å². The summed E-state index contributed by atoms with van der Waals surface area (Å²) in [4.78, 5) is 11.6. The van der Waals surface area contributed by atoms with Crippen molar-refractivity contribution in [3.8, 4) is 0 Å². The molecule has 5 N–H and O–H groups in total. The Kier molecular flexibility index (Phi) is 2.56. The molecule has 2 heterocycles. The zero-order valence-corrected chi connectivity index (χ0v) is 9.64. The van der Waals surface area contributed by atoms with Crippen molar-refractivity contribution in [3.63, 3.8) is 0 Å². The number of nitrogens with two attached hydrogens (primary N) is 1. The zero-order valence-electron chi connectivity index (χ0n) is 9.64. The first-order valence-electron chi connectivity index (χ1n) is 5.64. The van der Waals surface area contributed by atoms with E-state index >= 15 is 0 Å². The highest BCUT2D eigenvalue weighted by Gasteiger charge is 2.02. The lowest BCUT2D eigenvalue weighted by Gasteiger charge is -1.99. The van der Waals surface area contributed by atoms with Gasteiger partial charge in [-0.2, -0.15) is 5.10 Å². The van der Waals surface area contributed by atoms with Crippen LogP contribution in [0.15, 0.2) is 24.5 Å². The Bertz CT molecular complexity index is 641. The molecule has 7 nitrogen and oxygen atoms in total. The summed E-state index contributed by atoms with van der Waals surface area (Å²) in [5.41, 5.74) is 8.25. The third-order valence-corrected chi connectivity index (χ3v) is 2.63. The third kappa shape index (κ3) is 2.10. The number of fused-ring (bicyclic) bond motifs is 1. The number of nitrogens with zero attached hydrogens (tertiary/aromatic N) is 3. The lowest BCUT2D eigenvalue weighted by molar-refractivity contribution is 0.895. The molecule has 0 fully saturated rings. The Hall–Kier alpha value is -2.57. The Morgan fingerprint density at radius 2 is 2.28 bits per heavy atom. The summed E-state index contributed by atoms with van der Waals surface area (Å²) in [6, 6.07) is 5.59. The molecule has 1 aromatic carbocycles. The first-order valence-corrected chi connectivity index (χ1v) is 5.64. The standard InChI is InChI=1S/C11H13N7/c12-7-1-2-8-9(5-7)17-11(16-8)13-4-3-10-14-6-15-18-10/h1-2,5-6H,3-4,12H2,(H2,13,16,17)(H,14,15,18). The molecule has 3 rings (SSSR count). The van der Waals surface area contributed by atoms with Gasteiger partial charge in [0, 0.05) is 18.7 Å². The van der Waals surface area contributed by atoms with E-state index in [1.54, 1.807) is 0 Å². The second kappa shape index (κ2) is 4.36. The Labute approximate surface area is 103 Å². The van der Waals surface area contributed by atoms with E-state index in [4.69, 9.17) is 5.73 Å². The molecule has 0 amide bonds. The van der Waals surface area contributed by atoms with Crippen LogP contribution in [0.4, 0.5) is 11.6 Å². The number of benzene rings is 1. The third-order valence-electron chi connectivity index (χ3n) is 2.63. The number of H-pyrrole nitrogens is 2. The van der Waals surface area contributed by atoms with Crippen molar-refractivity contribution < 1.29 is 0 Å². The summed E-state index contributed by atoms with van der Waals surface area (Å²) < 4.78 is 0. The molecule has 0 aliphatic rings. The smallest absolute Gasteiger partial charge is 0.201 e. The second-order valence-corrected chi connectivity index (χ2v) is 3.97. The quantitative estimate of drug-likeness (QED) is 0.509. The van der Waals surface area contributed by atoms with Crippen molar-refractivity contribution in [3.05, 3.63) is 30.4 Å². The van der Waals surface area contributed by atoms with Crippen LogP contribution in [0.1, 0.15) is 5.82 Å². The van der Waals surface area contributed by atoms with Gasteiger partial charge in [0.2, 0.25) is 5.95 Å². The van der Waals surface area contributed by atoms with Gasteiger partial charge in [-0.05, 0) is 18.2 Å². The number of nitrogen functional groups attached to an aromatic ring is 1. The summed E-state index contributed by atoms with van der Waals surface area (Å²) in [6.45, 7) is 0.727. The van der Waals surface area contributed by atoms with E-state index in [-0.39, 0.29) is 0 Å². The maximum absolute atomic E-state index is 5.71. The molecular weight excluding hydrogens is 230 g/mol. The van der Waals surface area contributed by atoms with E-state index < -0.39 is 0 Å². The maximum Gasteiger partial charge on any atom is 0.201 e. The molecule has 0 saturated carbocycles. The van der Waals surface area contributed by atoms with E-state index in [9.17, 15) is 0 Å². The average Bonchev–Trinajstić information content (AvgIpc) is 2.97. The Morgan fingerprint density at radius 1 is 1.33 bits per heavy atom. The van der Waals surface area contributed by atoms with Crippen LogP contribution < -0.4 is 11.1 Å². The van der Waals surface area contributed by atoms with Crippen LogP contribution in [0.2, 0.25) is 0 Å². The molecule has 0 aliphatic carbocycles. The molecule has 3 aromatic rings. The molecule has 18 heavy (non-hydrogen) atoms. The minimum atomic E-state index is 0.722. The van der Waals surface area contributed by atoms with Crippen LogP contribution in [0, 0.1) is 0 Å². The Balaban J connectivity index is 1.67. The van der Waals surface area contributed by atoms with Crippen LogP contribution >= 0.6 is 0 Å². The monoisotopic (exact) mass is 243 g/mol. The second-order valence-electron chi connectivity index (χ2n) is 3.97. The van der Waals surface area contributed by atoms with Crippen LogP contribution in [-0.4, -0.2) is 31.7 Å². The molecule has 0 atom stereocenters. The highest BCUT2D eigenvalue weighted by Crippen LogP contribution is 2.16. The van der Waals surface area contributed by atoms with Gasteiger partial charge in [0.1, 0.15) is 12.2 Å². The molecule has 7 heteroatoms. The molecule has 0 bridgehead atoms. The van der Waals surface area contributed by atoms with Gasteiger partial charge < -0.3 is 16.0 Å². The number of aromatic nitrogens is 5. The fourth-order valence-corrected chi connectivity index (χ4v) is 1.76. The van der Waals surface area contributed by atoms with Gasteiger partial charge in [-0.15, -0.1) is 0 Å². The van der Waals surface area contributed by atoms with Gasteiger partial charge in [0.15, 0.2) is 0 Å². The maximum atomic E-state index is 5.71. The topological polar surface area (TPSA) is 108 Å². The van der Waals surface area contributed by atoms with Gasteiger partial charge in [0.25, 0.3) is 0 Å². The van der Waals surface area contributed by atoms with Crippen molar-refractivity contribution >= 4 is 22.7 Å². The summed E-state index contributed by atoms with van der Waals surface area (Å²) in [6.07, 6.45) is 2.26. The zero-order chi connectivity index (χ0) is 12.4. The van der Waals surface area contributed by atoms with Gasteiger partial charge >= 0.3 is 0 Å². The minimum absolute atomic E-state index is 0.722. The predicted octanol–water partition coefficient (Wildman–Crippen LogP) is 0.918. The molecule has 0 radical (unpaired) electrons. The number of imidazole rings is 1. The largest absolute Gasteiger partial charge is 0.399 e. The van der Waals surface area contributed by atoms with E-state index in [2.05, 4.69) is 30.5 Å². The van der Waals surface area contributed by atoms with Gasteiger partial charge in [0.05, 0.1) is 11.0 Å². The lowest BCUT2D eigenvalue weighted by atomic mass is 10.3. The summed E-state index contributed by atoms with van der Waals surface area (Å²) in [5, 5.41) is 9.80. The lowest BCUT2D eigenvalue weighted by Crippen LogP contribution is -2.07. The Morgan fingerprint density at radius 3 is 3.11 bits per heavy atom. The number of nitrogens with one attached hydrogen (secondary N) is 3. The van der Waals surface area contributed by atoms with E-state index in [1.165, 1.54) is 6.33 Å². The van der Waals surface area contributed by atoms with E-state index in [0.29, 0.717) is 0 Å². The minimum Gasteiger partial charge on any atom is -0.399 e. The predicted molar refractivity (Wildman–Crippen MR) is 69.1 cm³/mol. The summed E-state index contributed by atoms with van der Waals surface area (Å²) in [7, 11) is 0. The normalized spacial score (nSPS) is 10.9. The molecule has 92 valence electrons. The van der Waals surface area contributed by atoms with Crippen molar-refractivity contribution in [2.75, 3.05) is 17.6 Å². The molecule has 0 unspecified atom stereocenters. The van der Waals surface area contributed by atoms with Crippen molar-refractivity contribution in [1.82, 2.24) is 25.1 Å². The van der Waals surface area contributed by atoms with Crippen LogP contribution in [0.3, 0.4) is 0 Å².